The average Bonchev–Trinajstić information content (AvgIpc) is 2.26. The van der Waals surface area contributed by atoms with Gasteiger partial charge in [0.05, 0.1) is 5.52 Å². The molecule has 2 aromatic rings. The van der Waals surface area contributed by atoms with Gasteiger partial charge in [-0.2, -0.15) is 0 Å². The molecule has 0 spiro atoms. The molecule has 0 bridgehead atoms. The molecular weight excluding hydrogens is 245 g/mol. The molecule has 1 aromatic carbocycles. The highest BCUT2D eigenvalue weighted by Gasteiger charge is 2.31. The molecule has 0 saturated carbocycles. The Morgan fingerprint density at radius 2 is 2.00 bits per heavy atom. The number of aromatic nitrogens is 1. The number of nitrogens with two attached hydrogens (primary N) is 1. The number of rotatable bonds is 2. The fourth-order valence-corrected chi connectivity index (χ4v) is 1.79. The first-order chi connectivity index (χ1) is 8.39. The summed E-state index contributed by atoms with van der Waals surface area (Å²) in [6, 6.07) is 5.78. The van der Waals surface area contributed by atoms with Crippen molar-refractivity contribution < 1.29 is 17.9 Å². The van der Waals surface area contributed by atoms with Crippen LogP contribution < -0.4 is 10.5 Å². The van der Waals surface area contributed by atoms with Gasteiger partial charge in [-0.05, 0) is 36.8 Å². The summed E-state index contributed by atoms with van der Waals surface area (Å²) in [6.07, 6.45) is -4.70. The number of aryl methyl sites for hydroxylation is 1. The number of fused-ring (bicyclic) bond motifs is 1. The van der Waals surface area contributed by atoms with Gasteiger partial charge in [-0.1, -0.05) is 0 Å². The molecule has 1 aromatic heterocycles. The average molecular weight is 256 g/mol. The van der Waals surface area contributed by atoms with E-state index < -0.39 is 6.36 Å². The summed E-state index contributed by atoms with van der Waals surface area (Å²) >= 11 is 0. The molecule has 0 saturated heterocycles. The second kappa shape index (κ2) is 4.45. The Hall–Kier alpha value is -1.82. The maximum absolute atomic E-state index is 12.1. The van der Waals surface area contributed by atoms with Crippen LogP contribution in [0.25, 0.3) is 10.9 Å². The van der Waals surface area contributed by atoms with Gasteiger partial charge in [0.15, 0.2) is 0 Å². The summed E-state index contributed by atoms with van der Waals surface area (Å²) in [5, 5.41) is 0.574. The van der Waals surface area contributed by atoms with Crippen LogP contribution in [0.15, 0.2) is 24.3 Å². The highest BCUT2D eigenvalue weighted by molar-refractivity contribution is 5.83. The molecule has 2 N–H and O–H groups in total. The number of ether oxygens (including phenoxy) is 1. The van der Waals surface area contributed by atoms with Crippen molar-refractivity contribution >= 4 is 10.9 Å². The molecule has 0 aliphatic rings. The molecule has 0 amide bonds. The molecule has 1 heterocycles. The lowest BCUT2D eigenvalue weighted by Gasteiger charge is -2.11. The lowest BCUT2D eigenvalue weighted by atomic mass is 10.1. The summed E-state index contributed by atoms with van der Waals surface area (Å²) in [7, 11) is 0. The van der Waals surface area contributed by atoms with Gasteiger partial charge in [0.1, 0.15) is 5.75 Å². The van der Waals surface area contributed by atoms with E-state index in [1.807, 2.05) is 0 Å². The van der Waals surface area contributed by atoms with Crippen LogP contribution in [0, 0.1) is 6.92 Å². The summed E-state index contributed by atoms with van der Waals surface area (Å²) in [6.45, 7) is 2.04. The Bertz CT molecular complexity index is 581. The first-order valence-corrected chi connectivity index (χ1v) is 5.25. The van der Waals surface area contributed by atoms with Crippen molar-refractivity contribution in [2.75, 3.05) is 0 Å². The molecule has 2 rings (SSSR count). The van der Waals surface area contributed by atoms with E-state index in [4.69, 9.17) is 5.73 Å². The Labute approximate surface area is 101 Å². The molecule has 18 heavy (non-hydrogen) atoms. The van der Waals surface area contributed by atoms with E-state index in [-0.39, 0.29) is 12.3 Å². The summed E-state index contributed by atoms with van der Waals surface area (Å²) in [5.41, 5.74) is 7.68. The maximum Gasteiger partial charge on any atom is 0.573 e. The molecule has 0 fully saturated rings. The number of benzene rings is 1. The SMILES string of the molecule is Cc1cc(CN)c2cc(OC(F)(F)F)ccc2n1. The van der Waals surface area contributed by atoms with E-state index in [1.54, 1.807) is 13.0 Å². The van der Waals surface area contributed by atoms with Crippen molar-refractivity contribution in [2.45, 2.75) is 19.8 Å². The maximum atomic E-state index is 12.1. The number of alkyl halides is 3. The number of hydrogen-bond acceptors (Lipinski definition) is 3. The number of pyridine rings is 1. The third kappa shape index (κ3) is 2.70. The zero-order valence-electron chi connectivity index (χ0n) is 9.58. The predicted molar refractivity (Wildman–Crippen MR) is 61.1 cm³/mol. The van der Waals surface area contributed by atoms with E-state index in [0.717, 1.165) is 11.3 Å². The molecule has 96 valence electrons. The van der Waals surface area contributed by atoms with E-state index in [2.05, 4.69) is 9.72 Å². The smallest absolute Gasteiger partial charge is 0.406 e. The van der Waals surface area contributed by atoms with Gasteiger partial charge in [-0.15, -0.1) is 13.2 Å². The van der Waals surface area contributed by atoms with Crippen LogP contribution in [-0.2, 0) is 6.54 Å². The molecule has 3 nitrogen and oxygen atoms in total. The Morgan fingerprint density at radius 1 is 1.28 bits per heavy atom. The van der Waals surface area contributed by atoms with Crippen LogP contribution in [0.3, 0.4) is 0 Å². The second-order valence-corrected chi connectivity index (χ2v) is 3.85. The largest absolute Gasteiger partial charge is 0.573 e. The van der Waals surface area contributed by atoms with Crippen LogP contribution in [0.5, 0.6) is 5.75 Å². The molecule has 0 aliphatic heterocycles. The van der Waals surface area contributed by atoms with Crippen molar-refractivity contribution in [3.05, 3.63) is 35.5 Å². The van der Waals surface area contributed by atoms with E-state index >= 15 is 0 Å². The lowest BCUT2D eigenvalue weighted by molar-refractivity contribution is -0.274. The summed E-state index contributed by atoms with van der Waals surface area (Å²) in [4.78, 5) is 4.23. The van der Waals surface area contributed by atoms with Crippen LogP contribution in [-0.4, -0.2) is 11.3 Å². The Kier molecular flexibility index (Phi) is 3.13. The Balaban J connectivity index is 2.53. The quantitative estimate of drug-likeness (QED) is 0.898. The van der Waals surface area contributed by atoms with Gasteiger partial charge in [-0.3, -0.25) is 4.98 Å². The van der Waals surface area contributed by atoms with Gasteiger partial charge in [0, 0.05) is 17.6 Å². The van der Waals surface area contributed by atoms with E-state index in [1.165, 1.54) is 18.2 Å². The van der Waals surface area contributed by atoms with Crippen LogP contribution in [0.2, 0.25) is 0 Å². The first-order valence-electron chi connectivity index (χ1n) is 5.25. The minimum Gasteiger partial charge on any atom is -0.406 e. The third-order valence-electron chi connectivity index (χ3n) is 2.45. The number of hydrogen-bond donors (Lipinski definition) is 1. The zero-order chi connectivity index (χ0) is 13.3. The number of halogens is 3. The number of nitrogens with zero attached hydrogens (tertiary/aromatic N) is 1. The fourth-order valence-electron chi connectivity index (χ4n) is 1.79. The Morgan fingerprint density at radius 3 is 2.61 bits per heavy atom. The highest BCUT2D eigenvalue weighted by atomic mass is 19.4. The van der Waals surface area contributed by atoms with Crippen molar-refractivity contribution in [1.82, 2.24) is 4.98 Å². The monoisotopic (exact) mass is 256 g/mol. The molecule has 0 unspecified atom stereocenters. The van der Waals surface area contributed by atoms with Gasteiger partial charge < -0.3 is 10.5 Å². The topological polar surface area (TPSA) is 48.1 Å². The van der Waals surface area contributed by atoms with Crippen molar-refractivity contribution in [3.63, 3.8) is 0 Å². The molecule has 0 atom stereocenters. The second-order valence-electron chi connectivity index (χ2n) is 3.85. The third-order valence-corrected chi connectivity index (χ3v) is 2.45. The van der Waals surface area contributed by atoms with Crippen molar-refractivity contribution in [1.29, 1.82) is 0 Å². The molecular formula is C12H11F3N2O. The fraction of sp³-hybridized carbons (Fsp3) is 0.250. The first kappa shape index (κ1) is 12.6. The van der Waals surface area contributed by atoms with Crippen LogP contribution in [0.4, 0.5) is 13.2 Å². The van der Waals surface area contributed by atoms with Crippen molar-refractivity contribution in [3.8, 4) is 5.75 Å². The van der Waals surface area contributed by atoms with Crippen molar-refractivity contribution in [2.24, 2.45) is 5.73 Å². The van der Waals surface area contributed by atoms with E-state index in [9.17, 15) is 13.2 Å². The normalized spacial score (nSPS) is 11.8. The van der Waals surface area contributed by atoms with Gasteiger partial charge in [-0.25, -0.2) is 0 Å². The molecule has 6 heteroatoms. The molecule has 0 aliphatic carbocycles. The van der Waals surface area contributed by atoms with Gasteiger partial charge in [0.2, 0.25) is 0 Å². The highest BCUT2D eigenvalue weighted by Crippen LogP contribution is 2.27. The van der Waals surface area contributed by atoms with E-state index in [0.29, 0.717) is 10.9 Å². The summed E-state index contributed by atoms with van der Waals surface area (Å²) < 4.78 is 40.2. The molecule has 0 radical (unpaired) electrons. The van der Waals surface area contributed by atoms with Crippen LogP contribution >= 0.6 is 0 Å². The minimum absolute atomic E-state index is 0.231. The predicted octanol–water partition coefficient (Wildman–Crippen LogP) is 2.90. The van der Waals surface area contributed by atoms with Gasteiger partial charge in [0.25, 0.3) is 0 Å². The zero-order valence-corrected chi connectivity index (χ0v) is 9.58. The van der Waals surface area contributed by atoms with Crippen LogP contribution in [0.1, 0.15) is 11.3 Å². The standard InChI is InChI=1S/C12H11F3N2O/c1-7-4-8(6-16)10-5-9(18-12(13,14)15)2-3-11(10)17-7/h2-5H,6,16H2,1H3. The van der Waals surface area contributed by atoms with Gasteiger partial charge >= 0.3 is 6.36 Å². The lowest BCUT2D eigenvalue weighted by Crippen LogP contribution is -2.17. The minimum atomic E-state index is -4.70. The summed E-state index contributed by atoms with van der Waals surface area (Å²) in [5.74, 6) is -0.268.